The van der Waals surface area contributed by atoms with Crippen LogP contribution in [0.25, 0.3) is 0 Å². The largest absolute Gasteiger partial charge is 0.384 e. The van der Waals surface area contributed by atoms with Crippen LogP contribution in [0.4, 0.5) is 5.82 Å². The lowest BCUT2D eigenvalue weighted by Gasteiger charge is -2.37. The highest BCUT2D eigenvalue weighted by Crippen LogP contribution is 2.25. The van der Waals surface area contributed by atoms with Gasteiger partial charge in [-0.15, -0.1) is 0 Å². The molecular weight excluding hydrogens is 234 g/mol. The van der Waals surface area contributed by atoms with Crippen molar-refractivity contribution in [3.05, 3.63) is 23.9 Å². The number of carbonyl (C=O) groups is 1. The molecule has 2 rings (SSSR count). The Morgan fingerprint density at radius 3 is 3.00 bits per heavy atom. The van der Waals surface area contributed by atoms with Crippen molar-refractivity contribution < 1.29 is 4.79 Å². The number of anilines is 1. The molecule has 1 aliphatic heterocycles. The lowest BCUT2D eigenvalue weighted by Crippen LogP contribution is -2.48. The molecule has 1 aromatic rings. The molecule has 2 heterocycles. The summed E-state index contributed by atoms with van der Waals surface area (Å²) in [5, 5.41) is 0.466. The fraction of sp³-hybridized carbons (Fsp3) is 0.500. The molecule has 0 aliphatic carbocycles. The third-order valence-corrected chi connectivity index (χ3v) is 4.47. The van der Waals surface area contributed by atoms with Crippen molar-refractivity contribution in [2.45, 2.75) is 25.1 Å². The SMILES string of the molecule is CC1SCCN(C(=O)c2cccc(N)n2)C1C. The summed E-state index contributed by atoms with van der Waals surface area (Å²) in [5.74, 6) is 1.36. The molecule has 2 N–H and O–H groups in total. The fourth-order valence-corrected chi connectivity index (χ4v) is 3.04. The Morgan fingerprint density at radius 2 is 2.29 bits per heavy atom. The van der Waals surface area contributed by atoms with Crippen LogP contribution in [0.1, 0.15) is 24.3 Å². The molecular formula is C12H17N3OS. The Bertz CT molecular complexity index is 424. The topological polar surface area (TPSA) is 59.2 Å². The number of thioether (sulfide) groups is 1. The summed E-state index contributed by atoms with van der Waals surface area (Å²) in [6.45, 7) is 5.02. The number of aromatic nitrogens is 1. The lowest BCUT2D eigenvalue weighted by molar-refractivity contribution is 0.0692. The number of nitrogens with two attached hydrogens (primary N) is 1. The predicted octanol–water partition coefficient (Wildman–Crippen LogP) is 1.63. The van der Waals surface area contributed by atoms with Crippen molar-refractivity contribution in [2.75, 3.05) is 18.0 Å². The van der Waals surface area contributed by atoms with Gasteiger partial charge < -0.3 is 10.6 Å². The van der Waals surface area contributed by atoms with Crippen molar-refractivity contribution >= 4 is 23.5 Å². The van der Waals surface area contributed by atoms with Gasteiger partial charge in [-0.1, -0.05) is 13.0 Å². The van der Waals surface area contributed by atoms with Crippen molar-refractivity contribution in [3.8, 4) is 0 Å². The van der Waals surface area contributed by atoms with Crippen molar-refractivity contribution in [2.24, 2.45) is 0 Å². The van der Waals surface area contributed by atoms with E-state index >= 15 is 0 Å². The van der Waals surface area contributed by atoms with Gasteiger partial charge in [0.25, 0.3) is 5.91 Å². The highest BCUT2D eigenvalue weighted by atomic mass is 32.2. The molecule has 1 amide bonds. The standard InChI is InChI=1S/C12H17N3OS/c1-8-9(2)17-7-6-15(8)12(16)10-4-3-5-11(13)14-10/h3-5,8-9H,6-7H2,1-2H3,(H2,13,14). The third kappa shape index (κ3) is 2.54. The van der Waals surface area contributed by atoms with E-state index in [2.05, 4.69) is 18.8 Å². The summed E-state index contributed by atoms with van der Waals surface area (Å²) in [6, 6.07) is 5.42. The maximum Gasteiger partial charge on any atom is 0.272 e. The van der Waals surface area contributed by atoms with E-state index in [0.717, 1.165) is 12.3 Å². The van der Waals surface area contributed by atoms with E-state index in [1.54, 1.807) is 18.2 Å². The van der Waals surface area contributed by atoms with E-state index in [9.17, 15) is 4.79 Å². The second-order valence-electron chi connectivity index (χ2n) is 4.26. The Kier molecular flexibility index (Phi) is 3.57. The molecule has 1 aromatic heterocycles. The number of amides is 1. The van der Waals surface area contributed by atoms with E-state index in [4.69, 9.17) is 5.73 Å². The first kappa shape index (κ1) is 12.2. The van der Waals surface area contributed by atoms with Gasteiger partial charge in [0.05, 0.1) is 0 Å². The minimum atomic E-state index is -0.0167. The second kappa shape index (κ2) is 4.96. The molecule has 2 unspecified atom stereocenters. The first-order valence-electron chi connectivity index (χ1n) is 5.74. The van der Waals surface area contributed by atoms with Gasteiger partial charge in [-0.3, -0.25) is 4.79 Å². The van der Waals surface area contributed by atoms with Crippen molar-refractivity contribution in [3.63, 3.8) is 0 Å². The number of nitrogen functional groups attached to an aromatic ring is 1. The summed E-state index contributed by atoms with van der Waals surface area (Å²) in [7, 11) is 0. The van der Waals surface area contributed by atoms with Gasteiger partial charge in [-0.05, 0) is 19.1 Å². The molecule has 0 bridgehead atoms. The maximum atomic E-state index is 12.3. The molecule has 92 valence electrons. The Hall–Kier alpha value is -1.23. The quantitative estimate of drug-likeness (QED) is 0.824. The molecule has 4 nitrogen and oxygen atoms in total. The number of rotatable bonds is 1. The normalized spacial score (nSPS) is 24.7. The molecule has 1 aliphatic rings. The van der Waals surface area contributed by atoms with Gasteiger partial charge >= 0.3 is 0 Å². The molecule has 2 atom stereocenters. The van der Waals surface area contributed by atoms with Crippen LogP contribution in [-0.4, -0.2) is 39.4 Å². The fourth-order valence-electron chi connectivity index (χ4n) is 1.94. The van der Waals surface area contributed by atoms with Crippen LogP contribution >= 0.6 is 11.8 Å². The summed E-state index contributed by atoms with van der Waals surface area (Å²) < 4.78 is 0. The summed E-state index contributed by atoms with van der Waals surface area (Å²) in [4.78, 5) is 18.3. The first-order valence-corrected chi connectivity index (χ1v) is 6.79. The maximum absolute atomic E-state index is 12.3. The van der Waals surface area contributed by atoms with Gasteiger partial charge in [0.15, 0.2) is 0 Å². The van der Waals surface area contributed by atoms with Crippen LogP contribution in [0.5, 0.6) is 0 Å². The zero-order valence-electron chi connectivity index (χ0n) is 10.1. The van der Waals surface area contributed by atoms with Gasteiger partial charge in [0.2, 0.25) is 0 Å². The van der Waals surface area contributed by atoms with Crippen LogP contribution in [-0.2, 0) is 0 Å². The third-order valence-electron chi connectivity index (χ3n) is 3.13. The van der Waals surface area contributed by atoms with Crippen LogP contribution in [0.2, 0.25) is 0 Å². The molecule has 0 radical (unpaired) electrons. The number of hydrogen-bond donors (Lipinski definition) is 1. The van der Waals surface area contributed by atoms with E-state index < -0.39 is 0 Å². The van der Waals surface area contributed by atoms with Gasteiger partial charge in [-0.25, -0.2) is 4.98 Å². The Labute approximate surface area is 106 Å². The minimum absolute atomic E-state index is 0.0167. The van der Waals surface area contributed by atoms with Crippen LogP contribution in [0.15, 0.2) is 18.2 Å². The molecule has 0 spiro atoms. The molecule has 1 fully saturated rings. The van der Waals surface area contributed by atoms with E-state index in [0.29, 0.717) is 16.8 Å². The highest BCUT2D eigenvalue weighted by molar-refractivity contribution is 8.00. The van der Waals surface area contributed by atoms with Crippen LogP contribution < -0.4 is 5.73 Å². The average Bonchev–Trinajstić information content (AvgIpc) is 2.32. The number of pyridine rings is 1. The zero-order chi connectivity index (χ0) is 12.4. The average molecular weight is 251 g/mol. The van der Waals surface area contributed by atoms with Gasteiger partial charge in [-0.2, -0.15) is 11.8 Å². The monoisotopic (exact) mass is 251 g/mol. The highest BCUT2D eigenvalue weighted by Gasteiger charge is 2.29. The Morgan fingerprint density at radius 1 is 1.53 bits per heavy atom. The number of carbonyl (C=O) groups excluding carboxylic acids is 1. The predicted molar refractivity (Wildman–Crippen MR) is 71.1 cm³/mol. The van der Waals surface area contributed by atoms with Crippen molar-refractivity contribution in [1.29, 1.82) is 0 Å². The summed E-state index contributed by atoms with van der Waals surface area (Å²) in [5.41, 5.74) is 6.04. The number of nitrogens with zero attached hydrogens (tertiary/aromatic N) is 2. The van der Waals surface area contributed by atoms with E-state index in [1.807, 2.05) is 16.7 Å². The van der Waals surface area contributed by atoms with Crippen LogP contribution in [0.3, 0.4) is 0 Å². The lowest BCUT2D eigenvalue weighted by atomic mass is 10.2. The second-order valence-corrected chi connectivity index (χ2v) is 5.75. The minimum Gasteiger partial charge on any atom is -0.384 e. The van der Waals surface area contributed by atoms with Crippen LogP contribution in [0, 0.1) is 0 Å². The smallest absolute Gasteiger partial charge is 0.272 e. The molecule has 5 heteroatoms. The summed E-state index contributed by atoms with van der Waals surface area (Å²) in [6.07, 6.45) is 0. The zero-order valence-corrected chi connectivity index (χ0v) is 10.9. The molecule has 17 heavy (non-hydrogen) atoms. The van der Waals surface area contributed by atoms with E-state index in [-0.39, 0.29) is 11.9 Å². The summed E-state index contributed by atoms with van der Waals surface area (Å²) >= 11 is 1.91. The Balaban J connectivity index is 2.19. The first-order chi connectivity index (χ1) is 8.09. The van der Waals surface area contributed by atoms with E-state index in [1.165, 1.54) is 0 Å². The molecule has 0 saturated carbocycles. The van der Waals surface area contributed by atoms with Gasteiger partial charge in [0.1, 0.15) is 11.5 Å². The van der Waals surface area contributed by atoms with Crippen molar-refractivity contribution in [1.82, 2.24) is 9.88 Å². The van der Waals surface area contributed by atoms with Gasteiger partial charge in [0, 0.05) is 23.6 Å². The number of hydrogen-bond acceptors (Lipinski definition) is 4. The molecule has 1 saturated heterocycles. The molecule has 0 aromatic carbocycles.